The van der Waals surface area contributed by atoms with E-state index in [1.54, 1.807) is 17.3 Å². The van der Waals surface area contributed by atoms with Crippen molar-refractivity contribution in [2.24, 2.45) is 5.92 Å². The molecule has 1 aromatic carbocycles. The normalized spacial score (nSPS) is 21.2. The highest BCUT2D eigenvalue weighted by Crippen LogP contribution is 2.24. The summed E-state index contributed by atoms with van der Waals surface area (Å²) in [5, 5.41) is 9.60. The average molecular weight is 311 g/mol. The maximum atomic E-state index is 12.7. The zero-order valence-corrected chi connectivity index (χ0v) is 13.2. The number of nitrogens with zero attached hydrogens (tertiary/aromatic N) is 3. The first-order valence-corrected chi connectivity index (χ1v) is 8.00. The fourth-order valence-corrected chi connectivity index (χ4v) is 3.12. The van der Waals surface area contributed by atoms with Crippen LogP contribution in [0.5, 0.6) is 0 Å². The Morgan fingerprint density at radius 1 is 1.26 bits per heavy atom. The highest BCUT2D eigenvalue weighted by atomic mass is 16.3. The van der Waals surface area contributed by atoms with Crippen molar-refractivity contribution in [2.45, 2.75) is 25.8 Å². The van der Waals surface area contributed by atoms with Crippen LogP contribution in [-0.4, -0.2) is 45.1 Å². The monoisotopic (exact) mass is 311 g/mol. The standard InChI is InChI=1S/C18H21N3O2/c1-13-6-5-9-21(16(13)12-22)18(23)15-10-19-17(20-11-15)14-7-3-2-4-8-14/h2-4,7-8,10-11,13,16,22H,5-6,9,12H2,1H3. The van der Waals surface area contributed by atoms with E-state index < -0.39 is 0 Å². The van der Waals surface area contributed by atoms with Gasteiger partial charge in [0.25, 0.3) is 5.91 Å². The van der Waals surface area contributed by atoms with Crippen LogP contribution in [0.2, 0.25) is 0 Å². The van der Waals surface area contributed by atoms with Gasteiger partial charge in [0.2, 0.25) is 0 Å². The minimum absolute atomic E-state index is 0.00410. The van der Waals surface area contributed by atoms with E-state index in [4.69, 9.17) is 0 Å². The molecule has 23 heavy (non-hydrogen) atoms. The fraction of sp³-hybridized carbons (Fsp3) is 0.389. The van der Waals surface area contributed by atoms with E-state index in [-0.39, 0.29) is 18.6 Å². The molecule has 120 valence electrons. The molecule has 1 amide bonds. The van der Waals surface area contributed by atoms with Crippen LogP contribution in [0.4, 0.5) is 0 Å². The van der Waals surface area contributed by atoms with Crippen molar-refractivity contribution in [1.82, 2.24) is 14.9 Å². The van der Waals surface area contributed by atoms with Crippen LogP contribution in [0.1, 0.15) is 30.1 Å². The Kier molecular flexibility index (Phi) is 4.67. The zero-order valence-electron chi connectivity index (χ0n) is 13.2. The number of aliphatic hydroxyl groups excluding tert-OH is 1. The summed E-state index contributed by atoms with van der Waals surface area (Å²) in [5.41, 5.74) is 1.39. The van der Waals surface area contributed by atoms with Gasteiger partial charge < -0.3 is 10.0 Å². The molecule has 1 aliphatic heterocycles. The smallest absolute Gasteiger partial charge is 0.257 e. The van der Waals surface area contributed by atoms with Crippen molar-refractivity contribution in [3.63, 3.8) is 0 Å². The molecular weight excluding hydrogens is 290 g/mol. The van der Waals surface area contributed by atoms with Gasteiger partial charge in [0.05, 0.1) is 18.2 Å². The van der Waals surface area contributed by atoms with Gasteiger partial charge in [-0.25, -0.2) is 9.97 Å². The molecule has 1 N–H and O–H groups in total. The number of rotatable bonds is 3. The van der Waals surface area contributed by atoms with Crippen LogP contribution in [0.3, 0.4) is 0 Å². The number of hydrogen-bond donors (Lipinski definition) is 1. The maximum absolute atomic E-state index is 12.7. The van der Waals surface area contributed by atoms with Crippen LogP contribution in [-0.2, 0) is 0 Å². The molecule has 1 fully saturated rings. The Balaban J connectivity index is 1.80. The van der Waals surface area contributed by atoms with Crippen LogP contribution in [0, 0.1) is 5.92 Å². The van der Waals surface area contributed by atoms with Crippen molar-refractivity contribution in [3.05, 3.63) is 48.3 Å². The lowest BCUT2D eigenvalue weighted by atomic mass is 9.91. The largest absolute Gasteiger partial charge is 0.394 e. The Bertz CT molecular complexity index is 658. The predicted molar refractivity (Wildman–Crippen MR) is 87.8 cm³/mol. The van der Waals surface area contributed by atoms with Gasteiger partial charge in [-0.2, -0.15) is 0 Å². The quantitative estimate of drug-likeness (QED) is 0.945. The van der Waals surface area contributed by atoms with Crippen molar-refractivity contribution >= 4 is 5.91 Å². The molecule has 2 atom stereocenters. The zero-order chi connectivity index (χ0) is 16.2. The lowest BCUT2D eigenvalue weighted by molar-refractivity contribution is 0.0357. The molecule has 2 heterocycles. The summed E-state index contributed by atoms with van der Waals surface area (Å²) in [6.07, 6.45) is 5.15. The van der Waals surface area contributed by atoms with Crippen molar-refractivity contribution in [1.29, 1.82) is 0 Å². The van der Waals surface area contributed by atoms with E-state index in [0.717, 1.165) is 18.4 Å². The number of carbonyl (C=O) groups is 1. The summed E-state index contributed by atoms with van der Waals surface area (Å²) >= 11 is 0. The molecule has 2 unspecified atom stereocenters. The number of aromatic nitrogens is 2. The van der Waals surface area contributed by atoms with E-state index >= 15 is 0 Å². The number of aliphatic hydroxyl groups is 1. The Morgan fingerprint density at radius 3 is 2.61 bits per heavy atom. The molecule has 3 rings (SSSR count). The second kappa shape index (κ2) is 6.87. The highest BCUT2D eigenvalue weighted by Gasteiger charge is 2.32. The molecular formula is C18H21N3O2. The van der Waals surface area contributed by atoms with Gasteiger partial charge >= 0.3 is 0 Å². The van der Waals surface area contributed by atoms with Crippen LogP contribution >= 0.6 is 0 Å². The molecule has 1 saturated heterocycles. The first-order valence-electron chi connectivity index (χ1n) is 8.00. The van der Waals surface area contributed by atoms with E-state index in [2.05, 4.69) is 16.9 Å². The lowest BCUT2D eigenvalue weighted by Gasteiger charge is -2.39. The minimum Gasteiger partial charge on any atom is -0.394 e. The minimum atomic E-state index is -0.120. The molecule has 1 aromatic heterocycles. The first kappa shape index (κ1) is 15.6. The van der Waals surface area contributed by atoms with Gasteiger partial charge in [-0.05, 0) is 18.8 Å². The molecule has 2 aromatic rings. The number of carbonyl (C=O) groups excluding carboxylic acids is 1. The van der Waals surface area contributed by atoms with Gasteiger partial charge in [-0.3, -0.25) is 4.79 Å². The molecule has 5 nitrogen and oxygen atoms in total. The molecule has 1 aliphatic rings. The van der Waals surface area contributed by atoms with Gasteiger partial charge in [0.1, 0.15) is 0 Å². The summed E-state index contributed by atoms with van der Waals surface area (Å²) in [6, 6.07) is 9.55. The van der Waals surface area contributed by atoms with E-state index in [1.165, 1.54) is 0 Å². The number of likely N-dealkylation sites (tertiary alicyclic amines) is 1. The van der Waals surface area contributed by atoms with Gasteiger partial charge in [0, 0.05) is 24.5 Å². The van der Waals surface area contributed by atoms with E-state index in [9.17, 15) is 9.90 Å². The predicted octanol–water partition coefficient (Wildman–Crippen LogP) is 2.38. The molecule has 0 bridgehead atoms. The Labute approximate surface area is 136 Å². The molecule has 0 radical (unpaired) electrons. The van der Waals surface area contributed by atoms with Gasteiger partial charge in [0.15, 0.2) is 5.82 Å². The van der Waals surface area contributed by atoms with Crippen LogP contribution < -0.4 is 0 Å². The Hall–Kier alpha value is -2.27. The van der Waals surface area contributed by atoms with Crippen molar-refractivity contribution < 1.29 is 9.90 Å². The lowest BCUT2D eigenvalue weighted by Crippen LogP contribution is -2.49. The second-order valence-electron chi connectivity index (χ2n) is 6.03. The third-order valence-electron chi connectivity index (χ3n) is 4.49. The molecule has 0 aliphatic carbocycles. The van der Waals surface area contributed by atoms with Crippen LogP contribution in [0.25, 0.3) is 11.4 Å². The third-order valence-corrected chi connectivity index (χ3v) is 4.49. The van der Waals surface area contributed by atoms with Gasteiger partial charge in [-0.15, -0.1) is 0 Å². The van der Waals surface area contributed by atoms with Crippen LogP contribution in [0.15, 0.2) is 42.7 Å². The first-order chi connectivity index (χ1) is 11.2. The number of piperidine rings is 1. The van der Waals surface area contributed by atoms with E-state index in [1.807, 2.05) is 30.3 Å². The number of amides is 1. The topological polar surface area (TPSA) is 66.3 Å². The average Bonchev–Trinajstić information content (AvgIpc) is 2.62. The van der Waals surface area contributed by atoms with Crippen molar-refractivity contribution in [3.8, 4) is 11.4 Å². The second-order valence-corrected chi connectivity index (χ2v) is 6.03. The highest BCUT2D eigenvalue weighted by molar-refractivity contribution is 5.94. The molecule has 0 spiro atoms. The number of hydrogen-bond acceptors (Lipinski definition) is 4. The van der Waals surface area contributed by atoms with Crippen molar-refractivity contribution in [2.75, 3.05) is 13.2 Å². The molecule has 0 saturated carbocycles. The fourth-order valence-electron chi connectivity index (χ4n) is 3.12. The summed E-state index contributed by atoms with van der Waals surface area (Å²) < 4.78 is 0. The SMILES string of the molecule is CC1CCCN(C(=O)c2cnc(-c3ccccc3)nc2)C1CO. The summed E-state index contributed by atoms with van der Waals surface area (Å²) in [6.45, 7) is 2.75. The number of benzene rings is 1. The summed E-state index contributed by atoms with van der Waals surface area (Å²) in [4.78, 5) is 23.1. The summed E-state index contributed by atoms with van der Waals surface area (Å²) in [7, 11) is 0. The van der Waals surface area contributed by atoms with Gasteiger partial charge in [-0.1, -0.05) is 37.3 Å². The summed E-state index contributed by atoms with van der Waals surface area (Å²) in [5.74, 6) is 0.810. The van der Waals surface area contributed by atoms with E-state index in [0.29, 0.717) is 23.9 Å². The maximum Gasteiger partial charge on any atom is 0.257 e. The Morgan fingerprint density at radius 2 is 1.96 bits per heavy atom. The molecule has 5 heteroatoms. The third kappa shape index (κ3) is 3.24.